The van der Waals surface area contributed by atoms with Gasteiger partial charge in [0.1, 0.15) is 0 Å². The second kappa shape index (κ2) is 3.90. The first-order chi connectivity index (χ1) is 6.45. The molecule has 2 nitrogen and oxygen atoms in total. The molecule has 0 aliphatic carbocycles. The van der Waals surface area contributed by atoms with E-state index < -0.39 is 0 Å². The lowest BCUT2D eigenvalue weighted by Gasteiger charge is -2.08. The van der Waals surface area contributed by atoms with Gasteiger partial charge < -0.3 is 5.32 Å². The van der Waals surface area contributed by atoms with Crippen molar-refractivity contribution >= 4 is 6.34 Å². The first-order valence-electron chi connectivity index (χ1n) is 4.41. The molecular weight excluding hydrogens is 160 g/mol. The molecule has 0 saturated heterocycles. The SMILES string of the molecule is C1=NCC(Cc2ccccc2)=CN1. The molecule has 0 aromatic heterocycles. The summed E-state index contributed by atoms with van der Waals surface area (Å²) in [5, 5.41) is 3.00. The minimum absolute atomic E-state index is 0.821. The highest BCUT2D eigenvalue weighted by molar-refractivity contribution is 5.58. The monoisotopic (exact) mass is 172 g/mol. The van der Waals surface area contributed by atoms with Gasteiger partial charge in [0.2, 0.25) is 0 Å². The fourth-order valence-electron chi connectivity index (χ4n) is 1.38. The summed E-state index contributed by atoms with van der Waals surface area (Å²) in [6.45, 7) is 0.821. The lowest BCUT2D eigenvalue weighted by Crippen LogP contribution is -2.11. The van der Waals surface area contributed by atoms with Gasteiger partial charge in [-0.15, -0.1) is 0 Å². The zero-order chi connectivity index (χ0) is 8.93. The Balaban J connectivity index is 2.02. The normalized spacial score (nSPS) is 14.9. The molecule has 0 amide bonds. The van der Waals surface area contributed by atoms with Crippen LogP contribution < -0.4 is 5.32 Å². The van der Waals surface area contributed by atoms with Crippen molar-refractivity contribution in [2.24, 2.45) is 4.99 Å². The summed E-state index contributed by atoms with van der Waals surface area (Å²) in [5.41, 5.74) is 2.67. The zero-order valence-corrected chi connectivity index (χ0v) is 7.40. The maximum Gasteiger partial charge on any atom is 0.0867 e. The lowest BCUT2D eigenvalue weighted by atomic mass is 10.1. The molecular formula is C11H12N2. The van der Waals surface area contributed by atoms with E-state index in [2.05, 4.69) is 34.6 Å². The van der Waals surface area contributed by atoms with E-state index in [1.807, 2.05) is 12.3 Å². The van der Waals surface area contributed by atoms with E-state index in [9.17, 15) is 0 Å². The van der Waals surface area contributed by atoms with Crippen LogP contribution in [0.25, 0.3) is 0 Å². The van der Waals surface area contributed by atoms with Crippen molar-refractivity contribution in [1.29, 1.82) is 0 Å². The predicted molar refractivity (Wildman–Crippen MR) is 54.7 cm³/mol. The van der Waals surface area contributed by atoms with Crippen LogP contribution in [-0.2, 0) is 6.42 Å². The van der Waals surface area contributed by atoms with Crippen LogP contribution in [-0.4, -0.2) is 12.9 Å². The number of hydrogen-bond donors (Lipinski definition) is 1. The maximum absolute atomic E-state index is 4.15. The van der Waals surface area contributed by atoms with E-state index >= 15 is 0 Å². The van der Waals surface area contributed by atoms with E-state index in [0.29, 0.717) is 0 Å². The number of nitrogens with one attached hydrogen (secondary N) is 1. The molecule has 1 aliphatic rings. The number of hydrogen-bond acceptors (Lipinski definition) is 2. The highest BCUT2D eigenvalue weighted by atomic mass is 14.9. The molecule has 0 atom stereocenters. The third kappa shape index (κ3) is 2.18. The standard InChI is InChI=1S/C11H12N2/c1-2-4-10(5-3-1)6-11-7-12-9-13-8-11/h1-5,7,9H,6,8H2,(H,12,13). The predicted octanol–water partition coefficient (Wildman–Crippen LogP) is 1.74. The molecule has 66 valence electrons. The fourth-order valence-corrected chi connectivity index (χ4v) is 1.38. The summed E-state index contributed by atoms with van der Waals surface area (Å²) in [6, 6.07) is 10.4. The summed E-state index contributed by atoms with van der Waals surface area (Å²) in [7, 11) is 0. The van der Waals surface area contributed by atoms with E-state index in [1.165, 1.54) is 11.1 Å². The number of aliphatic imine (C=N–C) groups is 1. The van der Waals surface area contributed by atoms with Gasteiger partial charge in [-0.05, 0) is 17.6 Å². The van der Waals surface area contributed by atoms with E-state index in [0.717, 1.165) is 13.0 Å². The van der Waals surface area contributed by atoms with Crippen LogP contribution in [0.15, 0.2) is 47.1 Å². The summed E-state index contributed by atoms with van der Waals surface area (Å²) < 4.78 is 0. The van der Waals surface area contributed by atoms with Gasteiger partial charge in [0.25, 0.3) is 0 Å². The Hall–Kier alpha value is -1.57. The maximum atomic E-state index is 4.15. The number of nitrogens with zero attached hydrogens (tertiary/aromatic N) is 1. The van der Waals surface area contributed by atoms with Crippen LogP contribution in [0, 0.1) is 0 Å². The van der Waals surface area contributed by atoms with Gasteiger partial charge in [-0.3, -0.25) is 4.99 Å². The summed E-state index contributed by atoms with van der Waals surface area (Å²) in [5.74, 6) is 0. The molecule has 0 fully saturated rings. The molecule has 1 aliphatic heterocycles. The van der Waals surface area contributed by atoms with Gasteiger partial charge in [-0.2, -0.15) is 0 Å². The summed E-state index contributed by atoms with van der Waals surface area (Å²) >= 11 is 0. The van der Waals surface area contributed by atoms with Gasteiger partial charge in [0.05, 0.1) is 12.9 Å². The topological polar surface area (TPSA) is 24.4 Å². The van der Waals surface area contributed by atoms with Crippen LogP contribution in [0.2, 0.25) is 0 Å². The zero-order valence-electron chi connectivity index (χ0n) is 7.40. The summed E-state index contributed by atoms with van der Waals surface area (Å²) in [6.07, 6.45) is 4.75. The molecule has 0 radical (unpaired) electrons. The molecule has 1 N–H and O–H groups in total. The van der Waals surface area contributed by atoms with Crippen LogP contribution >= 0.6 is 0 Å². The second-order valence-corrected chi connectivity index (χ2v) is 3.10. The molecule has 1 heterocycles. The van der Waals surface area contributed by atoms with Crippen LogP contribution in [0.1, 0.15) is 5.56 Å². The Morgan fingerprint density at radius 2 is 2.08 bits per heavy atom. The largest absolute Gasteiger partial charge is 0.353 e. The van der Waals surface area contributed by atoms with Crippen LogP contribution in [0.3, 0.4) is 0 Å². The minimum Gasteiger partial charge on any atom is -0.353 e. The average molecular weight is 172 g/mol. The van der Waals surface area contributed by atoms with Crippen molar-refractivity contribution in [3.05, 3.63) is 47.7 Å². The molecule has 1 aromatic rings. The van der Waals surface area contributed by atoms with Crippen molar-refractivity contribution in [2.45, 2.75) is 6.42 Å². The molecule has 0 saturated carbocycles. The highest BCUT2D eigenvalue weighted by Crippen LogP contribution is 2.08. The summed E-state index contributed by atoms with van der Waals surface area (Å²) in [4.78, 5) is 4.15. The first-order valence-corrected chi connectivity index (χ1v) is 4.41. The van der Waals surface area contributed by atoms with E-state index in [1.54, 1.807) is 6.34 Å². The third-order valence-electron chi connectivity index (χ3n) is 2.02. The Kier molecular flexibility index (Phi) is 2.41. The highest BCUT2D eigenvalue weighted by Gasteiger charge is 2.00. The lowest BCUT2D eigenvalue weighted by molar-refractivity contribution is 0.980. The molecule has 2 heteroatoms. The van der Waals surface area contributed by atoms with Gasteiger partial charge in [0, 0.05) is 6.20 Å². The third-order valence-corrected chi connectivity index (χ3v) is 2.02. The molecule has 2 rings (SSSR count). The Bertz CT molecular complexity index is 325. The van der Waals surface area contributed by atoms with Crippen LogP contribution in [0.4, 0.5) is 0 Å². The smallest absolute Gasteiger partial charge is 0.0867 e. The quantitative estimate of drug-likeness (QED) is 0.722. The Morgan fingerprint density at radius 1 is 1.23 bits per heavy atom. The van der Waals surface area contributed by atoms with Crippen molar-refractivity contribution in [2.75, 3.05) is 6.54 Å². The minimum atomic E-state index is 0.821. The molecule has 0 spiro atoms. The Morgan fingerprint density at radius 3 is 2.77 bits per heavy atom. The average Bonchev–Trinajstić information content (AvgIpc) is 2.21. The van der Waals surface area contributed by atoms with Crippen LogP contribution in [0.5, 0.6) is 0 Å². The molecule has 1 aromatic carbocycles. The van der Waals surface area contributed by atoms with Crippen molar-refractivity contribution in [3.8, 4) is 0 Å². The van der Waals surface area contributed by atoms with Gasteiger partial charge in [-0.1, -0.05) is 30.3 Å². The molecule has 13 heavy (non-hydrogen) atoms. The van der Waals surface area contributed by atoms with Crippen molar-refractivity contribution < 1.29 is 0 Å². The van der Waals surface area contributed by atoms with Gasteiger partial charge in [-0.25, -0.2) is 0 Å². The van der Waals surface area contributed by atoms with Crippen molar-refractivity contribution in [1.82, 2.24) is 5.32 Å². The molecule has 0 bridgehead atoms. The van der Waals surface area contributed by atoms with Gasteiger partial charge >= 0.3 is 0 Å². The van der Waals surface area contributed by atoms with Crippen molar-refractivity contribution in [3.63, 3.8) is 0 Å². The second-order valence-electron chi connectivity index (χ2n) is 3.10. The number of benzene rings is 1. The number of rotatable bonds is 2. The van der Waals surface area contributed by atoms with Gasteiger partial charge in [0.15, 0.2) is 0 Å². The fraction of sp³-hybridized carbons (Fsp3) is 0.182. The Labute approximate surface area is 78.0 Å². The van der Waals surface area contributed by atoms with E-state index in [4.69, 9.17) is 0 Å². The first kappa shape index (κ1) is 8.05. The van der Waals surface area contributed by atoms with E-state index in [-0.39, 0.29) is 0 Å². The molecule has 0 unspecified atom stereocenters.